The van der Waals surface area contributed by atoms with Gasteiger partial charge in [-0.15, -0.1) is 5.10 Å². The number of nitrogens with zero attached hydrogens (tertiary/aromatic N) is 6. The Morgan fingerprint density at radius 1 is 0.878 bits per heavy atom. The predicted octanol–water partition coefficient (Wildman–Crippen LogP) is 3.00. The van der Waals surface area contributed by atoms with E-state index < -0.39 is 16.7 Å². The highest BCUT2D eigenvalue weighted by atomic mass is 16.2. The molecule has 5 rings (SSSR count). The van der Waals surface area contributed by atoms with E-state index in [4.69, 9.17) is 5.73 Å². The maximum absolute atomic E-state index is 14.1. The van der Waals surface area contributed by atoms with Crippen LogP contribution in [0.25, 0.3) is 0 Å². The van der Waals surface area contributed by atoms with Gasteiger partial charge in [-0.1, -0.05) is 91.0 Å². The Balaban J connectivity index is 1.44. The molecule has 0 spiro atoms. The monoisotopic (exact) mass is 551 g/mol. The maximum Gasteiger partial charge on any atom is 0.239 e. The van der Waals surface area contributed by atoms with Gasteiger partial charge >= 0.3 is 0 Å². The molecule has 1 aromatic heterocycles. The Hall–Kier alpha value is -4.37. The number of hydrogen-bond acceptors (Lipinski definition) is 6. The molecule has 3 aromatic carbocycles. The maximum atomic E-state index is 14.1. The molecule has 212 valence electrons. The molecule has 0 unspecified atom stereocenters. The number of likely N-dealkylation sites (N-methyl/N-ethyl adjacent to an activating group) is 1. The second-order valence-electron chi connectivity index (χ2n) is 11.0. The number of amides is 2. The summed E-state index contributed by atoms with van der Waals surface area (Å²) in [5.41, 5.74) is 7.35. The fourth-order valence-corrected chi connectivity index (χ4v) is 6.32. The van der Waals surface area contributed by atoms with Crippen molar-refractivity contribution in [3.63, 3.8) is 0 Å². The molecule has 4 aromatic rings. The van der Waals surface area contributed by atoms with Crippen LogP contribution in [-0.2, 0) is 27.0 Å². The number of tetrazole rings is 1. The van der Waals surface area contributed by atoms with Gasteiger partial charge in [0.2, 0.25) is 11.8 Å². The minimum Gasteiger partial charge on any atom is -0.368 e. The van der Waals surface area contributed by atoms with Crippen molar-refractivity contribution in [3.05, 3.63) is 114 Å². The number of piperidine rings is 1. The van der Waals surface area contributed by atoms with Crippen molar-refractivity contribution in [2.24, 2.45) is 5.73 Å². The van der Waals surface area contributed by atoms with E-state index in [2.05, 4.69) is 56.8 Å². The number of carbonyl (C=O) groups excluding carboxylic acids is 2. The predicted molar refractivity (Wildman–Crippen MR) is 157 cm³/mol. The normalized spacial score (nSPS) is 15.4. The van der Waals surface area contributed by atoms with E-state index in [1.807, 2.05) is 68.7 Å². The fraction of sp³-hybridized carbons (Fsp3) is 0.344. The quantitative estimate of drug-likeness (QED) is 0.325. The third-order valence-electron chi connectivity index (χ3n) is 8.41. The lowest BCUT2D eigenvalue weighted by atomic mass is 9.70. The average Bonchev–Trinajstić information content (AvgIpc) is 3.47. The third-order valence-corrected chi connectivity index (χ3v) is 8.41. The summed E-state index contributed by atoms with van der Waals surface area (Å²) in [4.78, 5) is 30.0. The number of primary amides is 1. The van der Waals surface area contributed by atoms with Crippen LogP contribution in [0.4, 0.5) is 0 Å². The second kappa shape index (κ2) is 12.0. The summed E-state index contributed by atoms with van der Waals surface area (Å²) in [6.45, 7) is 2.24. The highest BCUT2D eigenvalue weighted by Crippen LogP contribution is 2.42. The van der Waals surface area contributed by atoms with Crippen molar-refractivity contribution >= 4 is 11.8 Å². The van der Waals surface area contributed by atoms with Crippen LogP contribution >= 0.6 is 0 Å². The minimum absolute atomic E-state index is 0.0655. The van der Waals surface area contributed by atoms with Crippen LogP contribution in [-0.4, -0.2) is 75.6 Å². The van der Waals surface area contributed by atoms with E-state index in [0.717, 1.165) is 49.2 Å². The molecule has 2 heterocycles. The largest absolute Gasteiger partial charge is 0.368 e. The van der Waals surface area contributed by atoms with Crippen molar-refractivity contribution in [3.8, 4) is 0 Å². The molecule has 0 aliphatic carbocycles. The molecule has 1 aliphatic heterocycles. The molecule has 0 atom stereocenters. The molecule has 1 fully saturated rings. The lowest BCUT2D eigenvalue weighted by Crippen LogP contribution is -2.49. The SMILES string of the molecule is CN(C)C(=O)C(CCN1CCC(c2ccccc2)(c2nnnn2CC(N)=O)CC1)(c1ccccc1)c1ccccc1. The van der Waals surface area contributed by atoms with Gasteiger partial charge in [-0.05, 0) is 66.0 Å². The van der Waals surface area contributed by atoms with Gasteiger partial charge in [-0.3, -0.25) is 9.59 Å². The van der Waals surface area contributed by atoms with Gasteiger partial charge in [0.05, 0.1) is 5.41 Å². The van der Waals surface area contributed by atoms with Crippen molar-refractivity contribution in [1.29, 1.82) is 0 Å². The van der Waals surface area contributed by atoms with Gasteiger partial charge in [0, 0.05) is 14.1 Å². The molecular weight excluding hydrogens is 514 g/mol. The van der Waals surface area contributed by atoms with E-state index >= 15 is 0 Å². The topological polar surface area (TPSA) is 110 Å². The number of hydrogen-bond donors (Lipinski definition) is 1. The first-order valence-electron chi connectivity index (χ1n) is 14.0. The molecule has 2 N–H and O–H groups in total. The number of aromatic nitrogens is 4. The zero-order valence-electron chi connectivity index (χ0n) is 23.7. The van der Waals surface area contributed by atoms with Gasteiger partial charge in [0.15, 0.2) is 5.82 Å². The second-order valence-corrected chi connectivity index (χ2v) is 11.0. The lowest BCUT2D eigenvalue weighted by Gasteiger charge is -2.43. The number of likely N-dealkylation sites (tertiary alicyclic amines) is 1. The molecule has 0 bridgehead atoms. The molecule has 1 saturated heterocycles. The van der Waals surface area contributed by atoms with E-state index in [9.17, 15) is 9.59 Å². The van der Waals surface area contributed by atoms with E-state index in [-0.39, 0.29) is 12.5 Å². The standard InChI is InChI=1S/C32H37N7O2/c1-37(2)30(41)32(26-14-8-4-9-15-26,27-16-10-5-11-17-27)20-23-38-21-18-31(19-22-38,25-12-6-3-7-13-25)29-34-35-36-39(29)24-28(33)40/h3-17H,18-24H2,1-2H3,(H2,33,40). The summed E-state index contributed by atoms with van der Waals surface area (Å²) in [6.07, 6.45) is 2.17. The van der Waals surface area contributed by atoms with Crippen molar-refractivity contribution < 1.29 is 9.59 Å². The summed E-state index contributed by atoms with van der Waals surface area (Å²) < 4.78 is 1.54. The zero-order chi connectivity index (χ0) is 28.9. The average molecular weight is 552 g/mol. The Morgan fingerprint density at radius 2 is 1.41 bits per heavy atom. The lowest BCUT2D eigenvalue weighted by molar-refractivity contribution is -0.133. The molecule has 9 heteroatoms. The van der Waals surface area contributed by atoms with Gasteiger partial charge < -0.3 is 15.5 Å². The van der Waals surface area contributed by atoms with E-state index in [1.165, 1.54) is 4.68 Å². The third kappa shape index (κ3) is 5.50. The van der Waals surface area contributed by atoms with E-state index in [1.54, 1.807) is 4.90 Å². The van der Waals surface area contributed by atoms with Crippen molar-refractivity contribution in [2.75, 3.05) is 33.7 Å². The summed E-state index contributed by atoms with van der Waals surface area (Å²) in [7, 11) is 3.66. The summed E-state index contributed by atoms with van der Waals surface area (Å²) in [6, 6.07) is 30.4. The number of benzene rings is 3. The van der Waals surface area contributed by atoms with Crippen LogP contribution in [0.3, 0.4) is 0 Å². The van der Waals surface area contributed by atoms with Crippen molar-refractivity contribution in [1.82, 2.24) is 30.0 Å². The molecule has 0 radical (unpaired) electrons. The Labute approximate surface area is 241 Å². The smallest absolute Gasteiger partial charge is 0.239 e. The van der Waals surface area contributed by atoms with Crippen LogP contribution in [0.1, 0.15) is 41.8 Å². The molecule has 41 heavy (non-hydrogen) atoms. The first-order valence-corrected chi connectivity index (χ1v) is 14.0. The Morgan fingerprint density at radius 3 is 1.93 bits per heavy atom. The van der Waals surface area contributed by atoms with Crippen LogP contribution in [0.15, 0.2) is 91.0 Å². The number of rotatable bonds is 10. The summed E-state index contributed by atoms with van der Waals surface area (Å²) in [5, 5.41) is 12.4. The van der Waals surface area contributed by atoms with Crippen LogP contribution < -0.4 is 5.73 Å². The molecule has 1 aliphatic rings. The Kier molecular flexibility index (Phi) is 8.26. The first kappa shape index (κ1) is 28.2. The Bertz CT molecular complexity index is 1410. The zero-order valence-corrected chi connectivity index (χ0v) is 23.7. The van der Waals surface area contributed by atoms with Crippen LogP contribution in [0, 0.1) is 0 Å². The number of carbonyl (C=O) groups is 2. The minimum atomic E-state index is -0.814. The van der Waals surface area contributed by atoms with Crippen molar-refractivity contribution in [2.45, 2.75) is 36.6 Å². The first-order chi connectivity index (χ1) is 19.9. The summed E-state index contributed by atoms with van der Waals surface area (Å²) in [5.74, 6) is 0.243. The molecule has 2 amide bonds. The van der Waals surface area contributed by atoms with Gasteiger partial charge in [0.1, 0.15) is 12.0 Å². The van der Waals surface area contributed by atoms with Gasteiger partial charge in [-0.25, -0.2) is 4.68 Å². The summed E-state index contributed by atoms with van der Waals surface area (Å²) >= 11 is 0. The fourth-order valence-electron chi connectivity index (χ4n) is 6.32. The van der Waals surface area contributed by atoms with Crippen LogP contribution in [0.5, 0.6) is 0 Å². The molecule has 0 saturated carbocycles. The highest BCUT2D eigenvalue weighted by Gasteiger charge is 2.45. The molecular formula is C32H37N7O2. The van der Waals surface area contributed by atoms with Gasteiger partial charge in [-0.2, -0.15) is 0 Å². The number of nitrogens with two attached hydrogens (primary N) is 1. The van der Waals surface area contributed by atoms with Crippen LogP contribution in [0.2, 0.25) is 0 Å². The van der Waals surface area contributed by atoms with E-state index in [0.29, 0.717) is 12.2 Å². The van der Waals surface area contributed by atoms with Gasteiger partial charge in [0.25, 0.3) is 0 Å². The highest BCUT2D eigenvalue weighted by molar-refractivity contribution is 5.92. The molecule has 9 nitrogen and oxygen atoms in total.